The average molecular weight is 343 g/mol. The monoisotopic (exact) mass is 343 g/mol. The van der Waals surface area contributed by atoms with Crippen molar-refractivity contribution in [3.63, 3.8) is 0 Å². The number of ether oxygens (including phenoxy) is 1. The summed E-state index contributed by atoms with van der Waals surface area (Å²) in [6, 6.07) is 15.6. The van der Waals surface area contributed by atoms with E-state index in [0.717, 1.165) is 33.2 Å². The minimum atomic E-state index is -0.372. The van der Waals surface area contributed by atoms with Crippen LogP contribution in [-0.2, 0) is 9.53 Å². The van der Waals surface area contributed by atoms with E-state index in [0.29, 0.717) is 5.57 Å². The Morgan fingerprint density at radius 1 is 1.04 bits per heavy atom. The number of aromatic nitrogens is 1. The number of benzene rings is 2. The lowest BCUT2D eigenvalue weighted by atomic mass is 10.00. The van der Waals surface area contributed by atoms with Gasteiger partial charge in [-0.25, -0.2) is 4.79 Å². The van der Waals surface area contributed by atoms with E-state index in [2.05, 4.69) is 0 Å². The second-order valence-electron chi connectivity index (χ2n) is 6.19. The molecule has 0 saturated carbocycles. The van der Waals surface area contributed by atoms with Crippen molar-refractivity contribution >= 4 is 40.5 Å². The molecule has 3 aromatic rings. The average Bonchev–Trinajstić information content (AvgIpc) is 3.21. The minimum absolute atomic E-state index is 0.0543. The summed E-state index contributed by atoms with van der Waals surface area (Å²) in [6.45, 7) is 1.54. The van der Waals surface area contributed by atoms with Gasteiger partial charge in [0.15, 0.2) is 0 Å². The largest absolute Gasteiger partial charge is 0.465 e. The van der Waals surface area contributed by atoms with Crippen LogP contribution in [0.25, 0.3) is 28.6 Å². The molecule has 0 amide bonds. The van der Waals surface area contributed by atoms with Crippen LogP contribution in [0.1, 0.15) is 28.4 Å². The summed E-state index contributed by atoms with van der Waals surface area (Å²) in [5.74, 6) is -0.427. The van der Waals surface area contributed by atoms with Crippen LogP contribution >= 0.6 is 0 Å². The van der Waals surface area contributed by atoms with Crippen molar-refractivity contribution in [2.24, 2.45) is 0 Å². The molecule has 0 unspecified atom stereocenters. The van der Waals surface area contributed by atoms with Crippen LogP contribution in [0, 0.1) is 0 Å². The van der Waals surface area contributed by atoms with Gasteiger partial charge in [0.2, 0.25) is 5.91 Å². The van der Waals surface area contributed by atoms with Crippen molar-refractivity contribution in [2.45, 2.75) is 6.92 Å². The number of fused-ring (bicyclic) bond motifs is 2. The molecule has 0 saturated heterocycles. The predicted octanol–water partition coefficient (Wildman–Crippen LogP) is 4.41. The zero-order valence-electron chi connectivity index (χ0n) is 14.5. The summed E-state index contributed by atoms with van der Waals surface area (Å²) in [5.41, 5.74) is 5.02. The Kier molecular flexibility index (Phi) is 3.81. The molecule has 1 aromatic heterocycles. The van der Waals surface area contributed by atoms with Crippen molar-refractivity contribution in [3.05, 3.63) is 77.0 Å². The highest BCUT2D eigenvalue weighted by molar-refractivity contribution is 6.19. The molecule has 1 aliphatic rings. The molecule has 0 fully saturated rings. The number of nitrogens with zero attached hydrogens (tertiary/aromatic N) is 1. The number of carbonyl (C=O) groups is 2. The molecule has 4 rings (SSSR count). The van der Waals surface area contributed by atoms with E-state index in [9.17, 15) is 9.59 Å². The Balaban J connectivity index is 1.95. The summed E-state index contributed by atoms with van der Waals surface area (Å²) < 4.78 is 6.59. The van der Waals surface area contributed by atoms with Gasteiger partial charge in [0.1, 0.15) is 0 Å². The van der Waals surface area contributed by atoms with E-state index in [1.165, 1.54) is 14.0 Å². The van der Waals surface area contributed by atoms with Gasteiger partial charge in [0.25, 0.3) is 0 Å². The summed E-state index contributed by atoms with van der Waals surface area (Å²) in [7, 11) is 1.38. The first kappa shape index (κ1) is 16.1. The second kappa shape index (κ2) is 6.15. The zero-order chi connectivity index (χ0) is 18.3. The highest BCUT2D eigenvalue weighted by atomic mass is 16.5. The molecule has 128 valence electrons. The first-order chi connectivity index (χ1) is 12.6. The molecule has 1 aliphatic carbocycles. The van der Waals surface area contributed by atoms with Gasteiger partial charge in [0, 0.05) is 24.1 Å². The van der Waals surface area contributed by atoms with Crippen LogP contribution in [0.3, 0.4) is 0 Å². The molecule has 2 aromatic carbocycles. The number of hydrogen-bond donors (Lipinski definition) is 0. The molecular formula is C22H17NO3. The topological polar surface area (TPSA) is 48.3 Å². The van der Waals surface area contributed by atoms with E-state index in [1.807, 2.05) is 66.9 Å². The molecule has 0 bridgehead atoms. The van der Waals surface area contributed by atoms with Gasteiger partial charge in [-0.15, -0.1) is 0 Å². The molecule has 4 nitrogen and oxygen atoms in total. The smallest absolute Gasteiger partial charge is 0.338 e. The minimum Gasteiger partial charge on any atom is -0.465 e. The molecule has 4 heteroatoms. The third-order valence-corrected chi connectivity index (χ3v) is 4.63. The van der Waals surface area contributed by atoms with E-state index >= 15 is 0 Å². The standard InChI is InChI=1S/C22H17NO3/c1-14(24)23-13-16(18-9-5-6-10-21(18)23)12-19-17-8-4-3-7-15(17)11-20(19)22(25)26-2/h3-13H,1-2H3/b19-12+. The molecular weight excluding hydrogens is 326 g/mol. The van der Waals surface area contributed by atoms with Gasteiger partial charge in [-0.1, -0.05) is 42.5 Å². The lowest BCUT2D eigenvalue weighted by Crippen LogP contribution is -2.04. The van der Waals surface area contributed by atoms with Gasteiger partial charge in [-0.05, 0) is 34.9 Å². The maximum atomic E-state index is 12.3. The first-order valence-electron chi connectivity index (χ1n) is 8.32. The number of esters is 1. The third-order valence-electron chi connectivity index (χ3n) is 4.63. The Morgan fingerprint density at radius 2 is 1.77 bits per heavy atom. The zero-order valence-corrected chi connectivity index (χ0v) is 14.5. The predicted molar refractivity (Wildman–Crippen MR) is 103 cm³/mol. The maximum Gasteiger partial charge on any atom is 0.338 e. The molecule has 0 N–H and O–H groups in total. The Morgan fingerprint density at radius 3 is 2.54 bits per heavy atom. The summed E-state index contributed by atoms with van der Waals surface area (Å²) >= 11 is 0. The fraction of sp³-hybridized carbons (Fsp3) is 0.0909. The second-order valence-corrected chi connectivity index (χ2v) is 6.19. The Bertz CT molecular complexity index is 1120. The third kappa shape index (κ3) is 2.47. The normalized spacial score (nSPS) is 14.4. The SMILES string of the molecule is COC(=O)C1=Cc2ccccc2/C1=C\c1cn(C(C)=O)c2ccccc12. The number of hydrogen-bond acceptors (Lipinski definition) is 3. The van der Waals surface area contributed by atoms with Crippen LogP contribution in [0.2, 0.25) is 0 Å². The van der Waals surface area contributed by atoms with Crippen molar-refractivity contribution in [2.75, 3.05) is 7.11 Å². The highest BCUT2D eigenvalue weighted by Crippen LogP contribution is 2.38. The fourth-order valence-electron chi connectivity index (χ4n) is 3.42. The molecule has 0 aliphatic heterocycles. The van der Waals surface area contributed by atoms with Gasteiger partial charge in [-0.2, -0.15) is 0 Å². The lowest BCUT2D eigenvalue weighted by Gasteiger charge is -2.06. The molecule has 26 heavy (non-hydrogen) atoms. The van der Waals surface area contributed by atoms with Gasteiger partial charge >= 0.3 is 5.97 Å². The number of carbonyl (C=O) groups excluding carboxylic acids is 2. The van der Waals surface area contributed by atoms with Crippen molar-refractivity contribution in [1.29, 1.82) is 0 Å². The molecule has 0 atom stereocenters. The molecule has 0 radical (unpaired) electrons. The summed E-state index contributed by atoms with van der Waals surface area (Å²) in [4.78, 5) is 24.3. The molecule has 0 spiro atoms. The first-order valence-corrected chi connectivity index (χ1v) is 8.32. The van der Waals surface area contributed by atoms with E-state index in [4.69, 9.17) is 4.74 Å². The molecule has 1 heterocycles. The van der Waals surface area contributed by atoms with Crippen molar-refractivity contribution < 1.29 is 14.3 Å². The van der Waals surface area contributed by atoms with Crippen LogP contribution in [0.4, 0.5) is 0 Å². The van der Waals surface area contributed by atoms with Gasteiger partial charge < -0.3 is 4.74 Å². The number of methoxy groups -OCH3 is 1. The number of para-hydroxylation sites is 1. The van der Waals surface area contributed by atoms with Crippen LogP contribution in [0.5, 0.6) is 0 Å². The fourth-order valence-corrected chi connectivity index (χ4v) is 3.42. The van der Waals surface area contributed by atoms with Crippen molar-refractivity contribution in [3.8, 4) is 0 Å². The van der Waals surface area contributed by atoms with E-state index < -0.39 is 0 Å². The van der Waals surface area contributed by atoms with Gasteiger partial charge in [-0.3, -0.25) is 9.36 Å². The maximum absolute atomic E-state index is 12.3. The Hall–Kier alpha value is -3.40. The van der Waals surface area contributed by atoms with Crippen molar-refractivity contribution in [1.82, 2.24) is 4.57 Å². The number of rotatable bonds is 2. The van der Waals surface area contributed by atoms with Crippen LogP contribution < -0.4 is 0 Å². The van der Waals surface area contributed by atoms with E-state index in [1.54, 1.807) is 4.57 Å². The summed E-state index contributed by atoms with van der Waals surface area (Å²) in [6.07, 6.45) is 5.61. The Labute approximate surface area is 151 Å². The lowest BCUT2D eigenvalue weighted by molar-refractivity contribution is -0.135. The van der Waals surface area contributed by atoms with Gasteiger partial charge in [0.05, 0.1) is 18.2 Å². The summed E-state index contributed by atoms with van der Waals surface area (Å²) in [5, 5.41) is 0.962. The van der Waals surface area contributed by atoms with Crippen LogP contribution in [0.15, 0.2) is 60.3 Å². The quantitative estimate of drug-likeness (QED) is 0.648. The highest BCUT2D eigenvalue weighted by Gasteiger charge is 2.25. The van der Waals surface area contributed by atoms with Crippen LogP contribution in [-0.4, -0.2) is 23.6 Å². The van der Waals surface area contributed by atoms with E-state index in [-0.39, 0.29) is 11.9 Å².